The van der Waals surface area contributed by atoms with Crippen molar-refractivity contribution in [2.24, 2.45) is 0 Å². The van der Waals surface area contributed by atoms with Crippen LogP contribution in [0.5, 0.6) is 5.75 Å². The fourth-order valence-electron chi connectivity index (χ4n) is 3.44. The van der Waals surface area contributed by atoms with Crippen molar-refractivity contribution in [3.8, 4) is 5.75 Å². The maximum Gasteiger partial charge on any atom is 0.131 e. The number of fused-ring (bicyclic) bond motifs is 1. The van der Waals surface area contributed by atoms with E-state index in [1.165, 1.54) is 6.07 Å². The lowest BCUT2D eigenvalue weighted by Gasteiger charge is -2.19. The fraction of sp³-hybridized carbons (Fsp3) is 0.333. The van der Waals surface area contributed by atoms with Crippen LogP contribution < -0.4 is 10.1 Å². The Morgan fingerprint density at radius 1 is 0.966 bits per heavy atom. The summed E-state index contributed by atoms with van der Waals surface area (Å²) in [7, 11) is 0. The maximum absolute atomic E-state index is 14.1. The second-order valence-corrected chi connectivity index (χ2v) is 7.36. The molecule has 0 aliphatic heterocycles. The van der Waals surface area contributed by atoms with Gasteiger partial charge >= 0.3 is 0 Å². The number of hydrogen-bond acceptors (Lipinski definition) is 3. The molecule has 5 heteroatoms. The molecule has 0 aliphatic rings. The summed E-state index contributed by atoms with van der Waals surface area (Å²) in [5.74, 6) is 0.399. The molecular weight excluding hydrogens is 387 g/mol. The topological polar surface area (TPSA) is 24.5 Å². The van der Waals surface area contributed by atoms with E-state index in [4.69, 9.17) is 16.3 Å². The Balaban J connectivity index is 1.78. The number of nitrogens with zero attached hydrogens (tertiary/aromatic N) is 1. The van der Waals surface area contributed by atoms with Gasteiger partial charge in [0.1, 0.15) is 18.2 Å². The Hall–Kier alpha value is -2.14. The first-order valence-corrected chi connectivity index (χ1v) is 10.5. The van der Waals surface area contributed by atoms with Gasteiger partial charge in [-0.25, -0.2) is 4.39 Å². The van der Waals surface area contributed by atoms with E-state index in [9.17, 15) is 4.39 Å². The Bertz CT molecular complexity index is 923. The Kier molecular flexibility index (Phi) is 7.87. The summed E-state index contributed by atoms with van der Waals surface area (Å²) < 4.78 is 20.2. The second-order valence-electron chi connectivity index (χ2n) is 6.96. The third-order valence-electron chi connectivity index (χ3n) is 5.23. The van der Waals surface area contributed by atoms with Crippen molar-refractivity contribution < 1.29 is 9.13 Å². The molecule has 0 bridgehead atoms. The van der Waals surface area contributed by atoms with Crippen LogP contribution in [0.3, 0.4) is 0 Å². The molecule has 3 aromatic rings. The van der Waals surface area contributed by atoms with Crippen molar-refractivity contribution in [2.75, 3.05) is 26.2 Å². The van der Waals surface area contributed by atoms with E-state index in [2.05, 4.69) is 36.2 Å². The Morgan fingerprint density at radius 3 is 2.52 bits per heavy atom. The lowest BCUT2D eigenvalue weighted by atomic mass is 10.0. The lowest BCUT2D eigenvalue weighted by Crippen LogP contribution is -2.31. The molecule has 154 valence electrons. The monoisotopic (exact) mass is 414 g/mol. The highest BCUT2D eigenvalue weighted by Crippen LogP contribution is 2.30. The average Bonchev–Trinajstić information content (AvgIpc) is 2.74. The molecule has 0 unspecified atom stereocenters. The highest BCUT2D eigenvalue weighted by Gasteiger charge is 2.12. The zero-order valence-electron chi connectivity index (χ0n) is 17.1. The molecule has 0 saturated carbocycles. The molecule has 0 aromatic heterocycles. The number of rotatable bonds is 10. The zero-order chi connectivity index (χ0) is 20.6. The number of halogens is 2. The minimum absolute atomic E-state index is 0.0935. The van der Waals surface area contributed by atoms with Gasteiger partial charge < -0.3 is 15.0 Å². The summed E-state index contributed by atoms with van der Waals surface area (Å²) >= 11 is 6.15. The first-order chi connectivity index (χ1) is 14.1. The van der Waals surface area contributed by atoms with Crippen molar-refractivity contribution in [1.82, 2.24) is 10.2 Å². The van der Waals surface area contributed by atoms with Crippen molar-refractivity contribution in [3.63, 3.8) is 0 Å². The fourth-order valence-corrected chi connectivity index (χ4v) is 3.66. The largest absolute Gasteiger partial charge is 0.488 e. The van der Waals surface area contributed by atoms with E-state index in [0.29, 0.717) is 17.1 Å². The molecule has 0 fully saturated rings. The van der Waals surface area contributed by atoms with Gasteiger partial charge in [0.05, 0.1) is 5.02 Å². The van der Waals surface area contributed by atoms with Gasteiger partial charge in [0.25, 0.3) is 0 Å². The molecule has 0 aliphatic carbocycles. The predicted molar refractivity (Wildman–Crippen MR) is 119 cm³/mol. The van der Waals surface area contributed by atoms with E-state index < -0.39 is 0 Å². The van der Waals surface area contributed by atoms with Crippen LogP contribution in [0.4, 0.5) is 4.39 Å². The van der Waals surface area contributed by atoms with E-state index >= 15 is 0 Å². The molecule has 0 heterocycles. The minimum Gasteiger partial charge on any atom is -0.488 e. The van der Waals surface area contributed by atoms with Gasteiger partial charge in [-0.05, 0) is 42.1 Å². The summed E-state index contributed by atoms with van der Waals surface area (Å²) in [6.45, 7) is 9.11. The number of ether oxygens (including phenoxy) is 1. The van der Waals surface area contributed by atoms with Crippen LogP contribution in [0.1, 0.15) is 25.0 Å². The summed E-state index contributed by atoms with van der Waals surface area (Å²) in [6, 6.07) is 16.9. The van der Waals surface area contributed by atoms with E-state index in [1.807, 2.05) is 24.3 Å². The molecule has 29 heavy (non-hydrogen) atoms. The molecule has 0 amide bonds. The first kappa shape index (κ1) is 21.6. The zero-order valence-corrected chi connectivity index (χ0v) is 17.8. The van der Waals surface area contributed by atoms with Gasteiger partial charge in [0.15, 0.2) is 0 Å². The minimum atomic E-state index is -0.350. The number of hydrogen-bond donors (Lipinski definition) is 1. The molecule has 0 spiro atoms. The first-order valence-electron chi connectivity index (χ1n) is 10.1. The van der Waals surface area contributed by atoms with Gasteiger partial charge in [0, 0.05) is 30.8 Å². The van der Waals surface area contributed by atoms with Gasteiger partial charge in [-0.15, -0.1) is 0 Å². The van der Waals surface area contributed by atoms with Gasteiger partial charge in [-0.3, -0.25) is 0 Å². The molecule has 1 N–H and O–H groups in total. The van der Waals surface area contributed by atoms with Crippen molar-refractivity contribution in [3.05, 3.63) is 76.6 Å². The highest BCUT2D eigenvalue weighted by molar-refractivity contribution is 6.31. The summed E-state index contributed by atoms with van der Waals surface area (Å²) in [5, 5.41) is 6.21. The molecule has 3 aromatic carbocycles. The maximum atomic E-state index is 14.1. The molecule has 0 atom stereocenters. The highest BCUT2D eigenvalue weighted by atomic mass is 35.5. The van der Waals surface area contributed by atoms with Crippen LogP contribution >= 0.6 is 11.6 Å². The van der Waals surface area contributed by atoms with Crippen LogP contribution in [0, 0.1) is 5.82 Å². The van der Waals surface area contributed by atoms with Gasteiger partial charge in [-0.1, -0.05) is 61.8 Å². The van der Waals surface area contributed by atoms with E-state index in [0.717, 1.165) is 48.3 Å². The number of benzene rings is 3. The van der Waals surface area contributed by atoms with E-state index in [-0.39, 0.29) is 12.4 Å². The van der Waals surface area contributed by atoms with Crippen LogP contribution in [0.2, 0.25) is 5.02 Å². The Labute approximate surface area is 177 Å². The van der Waals surface area contributed by atoms with Crippen LogP contribution in [-0.2, 0) is 13.2 Å². The Morgan fingerprint density at radius 2 is 1.76 bits per heavy atom. The average molecular weight is 415 g/mol. The molecular formula is C24H28ClFN2O. The lowest BCUT2D eigenvalue weighted by molar-refractivity contribution is 0.293. The smallest absolute Gasteiger partial charge is 0.131 e. The third-order valence-corrected chi connectivity index (χ3v) is 5.59. The third kappa shape index (κ3) is 5.47. The summed E-state index contributed by atoms with van der Waals surface area (Å²) in [5.41, 5.74) is 1.46. The van der Waals surface area contributed by atoms with Crippen molar-refractivity contribution >= 4 is 22.4 Å². The molecule has 0 radical (unpaired) electrons. The van der Waals surface area contributed by atoms with Crippen LogP contribution in [0.15, 0.2) is 54.6 Å². The van der Waals surface area contributed by atoms with Crippen molar-refractivity contribution in [1.29, 1.82) is 0 Å². The summed E-state index contributed by atoms with van der Waals surface area (Å²) in [6.07, 6.45) is 0. The number of likely N-dealkylation sites (N-methyl/N-ethyl adjacent to an activating group) is 1. The van der Waals surface area contributed by atoms with Crippen LogP contribution in [-0.4, -0.2) is 31.1 Å². The SMILES string of the molecule is CCN(CC)CCNCc1c(OCc2c(F)cccc2Cl)ccc2ccccc12. The standard InChI is InChI=1S/C24H28ClFN2O/c1-3-28(4-2)15-14-27-16-20-19-9-6-5-8-18(19)12-13-24(20)29-17-21-22(25)10-7-11-23(21)26/h5-13,27H,3-4,14-17H2,1-2H3. The second kappa shape index (κ2) is 10.6. The van der Waals surface area contributed by atoms with Crippen LogP contribution in [0.25, 0.3) is 10.8 Å². The number of nitrogens with one attached hydrogen (secondary N) is 1. The summed E-state index contributed by atoms with van der Waals surface area (Å²) in [4.78, 5) is 2.38. The molecule has 3 rings (SSSR count). The van der Waals surface area contributed by atoms with E-state index in [1.54, 1.807) is 12.1 Å². The predicted octanol–water partition coefficient (Wildman–Crippen LogP) is 5.64. The quantitative estimate of drug-likeness (QED) is 0.434. The molecule has 0 saturated heterocycles. The van der Waals surface area contributed by atoms with Gasteiger partial charge in [0.2, 0.25) is 0 Å². The normalized spacial score (nSPS) is 11.3. The van der Waals surface area contributed by atoms with Crippen molar-refractivity contribution in [2.45, 2.75) is 27.0 Å². The van der Waals surface area contributed by atoms with Gasteiger partial charge in [-0.2, -0.15) is 0 Å². The molecule has 3 nitrogen and oxygen atoms in total.